The van der Waals surface area contributed by atoms with Crippen molar-refractivity contribution < 1.29 is 9.59 Å². The van der Waals surface area contributed by atoms with E-state index in [2.05, 4.69) is 24.4 Å². The van der Waals surface area contributed by atoms with Crippen molar-refractivity contribution in [2.45, 2.75) is 50.5 Å². The summed E-state index contributed by atoms with van der Waals surface area (Å²) in [5.74, 6) is 0.411. The number of allylic oxidation sites excluding steroid dienone is 2. The molecule has 0 bridgehead atoms. The van der Waals surface area contributed by atoms with E-state index in [4.69, 9.17) is 4.99 Å². The Morgan fingerprint density at radius 2 is 2.03 bits per heavy atom. The lowest BCUT2D eigenvalue weighted by Gasteiger charge is -2.48. The molecule has 1 N–H and O–H groups in total. The van der Waals surface area contributed by atoms with Crippen LogP contribution >= 0.6 is 0 Å². The van der Waals surface area contributed by atoms with Crippen LogP contribution in [0.1, 0.15) is 38.3 Å². The number of carbonyl (C=O) groups is 2. The fraction of sp³-hybridized carbons (Fsp3) is 0.458. The van der Waals surface area contributed by atoms with Crippen molar-refractivity contribution in [3.63, 3.8) is 0 Å². The van der Waals surface area contributed by atoms with Crippen LogP contribution in [-0.2, 0) is 9.59 Å². The molecule has 5 rings (SSSR count). The maximum absolute atomic E-state index is 13.7. The van der Waals surface area contributed by atoms with Gasteiger partial charge in [0.2, 0.25) is 5.91 Å². The largest absolute Gasteiger partial charge is 0.330 e. The molecule has 30 heavy (non-hydrogen) atoms. The van der Waals surface area contributed by atoms with Crippen molar-refractivity contribution in [1.82, 2.24) is 15.1 Å². The fourth-order valence-corrected chi connectivity index (χ4v) is 5.43. The lowest BCUT2D eigenvalue weighted by Crippen LogP contribution is -2.63. The van der Waals surface area contributed by atoms with Crippen LogP contribution in [0.3, 0.4) is 0 Å². The molecular formula is C24H28N4O2. The second kappa shape index (κ2) is 7.20. The number of hydrogen-bond donors (Lipinski definition) is 1. The quantitative estimate of drug-likeness (QED) is 0.787. The molecule has 2 amide bonds. The lowest BCUT2D eigenvalue weighted by molar-refractivity contribution is -0.156. The molecule has 5 atom stereocenters. The van der Waals surface area contributed by atoms with E-state index >= 15 is 0 Å². The van der Waals surface area contributed by atoms with Crippen molar-refractivity contribution >= 4 is 18.0 Å². The predicted molar refractivity (Wildman–Crippen MR) is 116 cm³/mol. The van der Waals surface area contributed by atoms with Gasteiger partial charge in [0, 0.05) is 18.7 Å². The number of carbonyl (C=O) groups excluding carboxylic acids is 2. The van der Waals surface area contributed by atoms with Crippen molar-refractivity contribution in [1.29, 1.82) is 0 Å². The smallest absolute Gasteiger partial charge is 0.250 e. The monoisotopic (exact) mass is 404 g/mol. The zero-order valence-corrected chi connectivity index (χ0v) is 17.5. The van der Waals surface area contributed by atoms with Crippen LogP contribution in [0.25, 0.3) is 0 Å². The molecule has 2 saturated heterocycles. The molecule has 3 heterocycles. The maximum Gasteiger partial charge on any atom is 0.250 e. The van der Waals surface area contributed by atoms with E-state index in [0.717, 1.165) is 18.4 Å². The first kappa shape index (κ1) is 19.2. The first-order valence-corrected chi connectivity index (χ1v) is 10.8. The van der Waals surface area contributed by atoms with Crippen LogP contribution in [0.4, 0.5) is 0 Å². The van der Waals surface area contributed by atoms with Gasteiger partial charge in [-0.2, -0.15) is 0 Å². The Hall–Kier alpha value is -2.73. The summed E-state index contributed by atoms with van der Waals surface area (Å²) in [5, 5.41) is 3.33. The van der Waals surface area contributed by atoms with Crippen molar-refractivity contribution in [3.8, 4) is 0 Å². The van der Waals surface area contributed by atoms with Crippen LogP contribution < -0.4 is 5.32 Å². The highest BCUT2D eigenvalue weighted by molar-refractivity contribution is 5.92. The molecule has 3 aliphatic heterocycles. The third-order valence-electron chi connectivity index (χ3n) is 7.13. The van der Waals surface area contributed by atoms with E-state index in [1.54, 1.807) is 4.90 Å². The summed E-state index contributed by atoms with van der Waals surface area (Å²) in [6.45, 7) is 5.11. The molecule has 1 aromatic rings. The second-order valence-corrected chi connectivity index (χ2v) is 9.05. The van der Waals surface area contributed by atoms with Gasteiger partial charge in [-0.1, -0.05) is 48.1 Å². The molecular weight excluding hydrogens is 376 g/mol. The van der Waals surface area contributed by atoms with Gasteiger partial charge in [-0.25, -0.2) is 0 Å². The van der Waals surface area contributed by atoms with Gasteiger partial charge in [0.15, 0.2) is 0 Å². The van der Waals surface area contributed by atoms with Crippen LogP contribution in [0.15, 0.2) is 59.1 Å². The Bertz CT molecular complexity index is 953. The van der Waals surface area contributed by atoms with Crippen molar-refractivity contribution in [3.05, 3.63) is 59.7 Å². The zero-order valence-electron chi connectivity index (χ0n) is 17.5. The number of benzene rings is 1. The number of dihydropyridines is 1. The summed E-state index contributed by atoms with van der Waals surface area (Å²) < 4.78 is 0. The molecule has 2 unspecified atom stereocenters. The van der Waals surface area contributed by atoms with E-state index in [1.807, 2.05) is 54.4 Å². The summed E-state index contributed by atoms with van der Waals surface area (Å²) in [7, 11) is 0. The van der Waals surface area contributed by atoms with E-state index in [0.29, 0.717) is 12.5 Å². The highest BCUT2D eigenvalue weighted by Crippen LogP contribution is 2.40. The maximum atomic E-state index is 13.7. The molecule has 6 heteroatoms. The first-order valence-electron chi connectivity index (χ1n) is 10.8. The average molecular weight is 405 g/mol. The predicted octanol–water partition coefficient (Wildman–Crippen LogP) is 2.45. The highest BCUT2D eigenvalue weighted by Gasteiger charge is 2.51. The molecule has 0 radical (unpaired) electrons. The second-order valence-electron chi connectivity index (χ2n) is 9.05. The summed E-state index contributed by atoms with van der Waals surface area (Å²) in [6, 6.07) is 8.99. The number of hydrogen-bond acceptors (Lipinski definition) is 4. The molecule has 0 spiro atoms. The summed E-state index contributed by atoms with van der Waals surface area (Å²) >= 11 is 0. The van der Waals surface area contributed by atoms with Gasteiger partial charge in [0.25, 0.3) is 5.91 Å². The lowest BCUT2D eigenvalue weighted by atomic mass is 9.73. The van der Waals surface area contributed by atoms with E-state index in [1.165, 1.54) is 5.57 Å². The molecule has 4 aliphatic rings. The van der Waals surface area contributed by atoms with E-state index in [9.17, 15) is 9.59 Å². The molecule has 1 aliphatic carbocycles. The van der Waals surface area contributed by atoms with Gasteiger partial charge in [-0.15, -0.1) is 0 Å². The molecule has 0 aromatic heterocycles. The van der Waals surface area contributed by atoms with Gasteiger partial charge in [-0.05, 0) is 38.3 Å². The Labute approximate surface area is 177 Å². The minimum absolute atomic E-state index is 0.00205. The fourth-order valence-electron chi connectivity index (χ4n) is 5.43. The van der Waals surface area contributed by atoms with Crippen LogP contribution in [0, 0.1) is 5.92 Å². The zero-order chi connectivity index (χ0) is 20.9. The van der Waals surface area contributed by atoms with E-state index < -0.39 is 6.04 Å². The van der Waals surface area contributed by atoms with Crippen LogP contribution in [0.2, 0.25) is 0 Å². The van der Waals surface area contributed by atoms with Gasteiger partial charge < -0.3 is 9.80 Å². The Balaban J connectivity index is 1.44. The van der Waals surface area contributed by atoms with Crippen LogP contribution in [0.5, 0.6) is 0 Å². The summed E-state index contributed by atoms with van der Waals surface area (Å²) in [5.41, 5.74) is 1.99. The third kappa shape index (κ3) is 3.01. The molecule has 2 fully saturated rings. The highest BCUT2D eigenvalue weighted by atomic mass is 16.2. The first-order chi connectivity index (χ1) is 14.5. The number of piperazine rings is 1. The van der Waals surface area contributed by atoms with E-state index in [-0.39, 0.29) is 36.1 Å². The molecule has 156 valence electrons. The molecule has 0 saturated carbocycles. The van der Waals surface area contributed by atoms with Gasteiger partial charge in [0.1, 0.15) is 12.2 Å². The topological polar surface area (TPSA) is 65.0 Å². The SMILES string of the molecule is C[C@H]1[C@@H]2NCC(=O)N2[C@@H](c2ccccc2)C(=O)N1CC1=CCC2C=CC=NC2(C)C1. The van der Waals surface area contributed by atoms with Gasteiger partial charge in [0.05, 0.1) is 18.1 Å². The number of aliphatic imine (C=N–C) groups is 1. The normalized spacial score (nSPS) is 35.3. The minimum atomic E-state index is -0.571. The average Bonchev–Trinajstić information content (AvgIpc) is 3.13. The number of fused-ring (bicyclic) bond motifs is 2. The van der Waals surface area contributed by atoms with Crippen LogP contribution in [-0.4, -0.2) is 58.7 Å². The van der Waals surface area contributed by atoms with Crippen molar-refractivity contribution in [2.24, 2.45) is 10.9 Å². The Morgan fingerprint density at radius 3 is 2.83 bits per heavy atom. The standard InChI is InChI=1S/C24H28N4O2/c1-16-22-25-14-20(29)28(22)21(18-7-4-3-5-8-18)23(30)27(16)15-17-10-11-19-9-6-12-26-24(19,2)13-17/h3-10,12,16,19,21-22,25H,11,13-15H2,1-2H3/t16-,19?,21-,22+,24?/m0/s1. The number of amides is 2. The van der Waals surface area contributed by atoms with Gasteiger partial charge >= 0.3 is 0 Å². The van der Waals surface area contributed by atoms with Gasteiger partial charge in [-0.3, -0.25) is 19.9 Å². The number of nitrogens with zero attached hydrogens (tertiary/aromatic N) is 3. The van der Waals surface area contributed by atoms with Crippen molar-refractivity contribution in [2.75, 3.05) is 13.1 Å². The third-order valence-corrected chi connectivity index (χ3v) is 7.13. The summed E-state index contributed by atoms with van der Waals surface area (Å²) in [4.78, 5) is 34.8. The number of rotatable bonds is 3. The Morgan fingerprint density at radius 1 is 1.23 bits per heavy atom. The summed E-state index contributed by atoms with van der Waals surface area (Å²) in [6.07, 6.45) is 10.1. The molecule has 6 nitrogen and oxygen atoms in total. The molecule has 1 aromatic carbocycles. The number of nitrogens with one attached hydrogen (secondary N) is 1. The minimum Gasteiger partial charge on any atom is -0.330 e. The Kier molecular flexibility index (Phi) is 4.62.